The van der Waals surface area contributed by atoms with Gasteiger partial charge < -0.3 is 14.3 Å². The molecule has 1 saturated carbocycles. The fourth-order valence-corrected chi connectivity index (χ4v) is 4.41. The van der Waals surface area contributed by atoms with Crippen molar-refractivity contribution in [1.82, 2.24) is 15.0 Å². The molecular weight excluding hydrogens is 372 g/mol. The van der Waals surface area contributed by atoms with Gasteiger partial charge in [0.15, 0.2) is 0 Å². The number of benzene rings is 1. The first kappa shape index (κ1) is 17.4. The highest BCUT2D eigenvalue weighted by Crippen LogP contribution is 2.36. The molecule has 1 aromatic carbocycles. The van der Waals surface area contributed by atoms with Crippen molar-refractivity contribution in [3.8, 4) is 11.4 Å². The van der Waals surface area contributed by atoms with Crippen molar-refractivity contribution >= 4 is 22.9 Å². The number of carbonyl (C=O) groups is 1. The Balaban J connectivity index is 1.22. The van der Waals surface area contributed by atoms with Crippen LogP contribution in [-0.4, -0.2) is 47.1 Å². The molecule has 2 aliphatic rings. The van der Waals surface area contributed by atoms with E-state index in [0.29, 0.717) is 11.7 Å². The fraction of sp³-hybridized carbons (Fsp3) is 0.381. The molecule has 5 rings (SSSR count). The van der Waals surface area contributed by atoms with Crippen molar-refractivity contribution in [2.75, 3.05) is 31.1 Å². The number of hydrogen-bond donors (Lipinski definition) is 0. The second-order valence-electron chi connectivity index (χ2n) is 7.39. The third-order valence-corrected chi connectivity index (χ3v) is 6.54. The maximum Gasteiger partial charge on any atom is 0.264 e. The van der Waals surface area contributed by atoms with E-state index in [-0.39, 0.29) is 5.91 Å². The summed E-state index contributed by atoms with van der Waals surface area (Å²) in [5.41, 5.74) is 2.14. The summed E-state index contributed by atoms with van der Waals surface area (Å²) < 4.78 is 5.43. The minimum atomic E-state index is 0.143. The van der Waals surface area contributed by atoms with Gasteiger partial charge in [0.2, 0.25) is 11.7 Å². The van der Waals surface area contributed by atoms with Gasteiger partial charge in [-0.05, 0) is 48.6 Å². The van der Waals surface area contributed by atoms with Gasteiger partial charge in [-0.25, -0.2) is 0 Å². The Kier molecular flexibility index (Phi) is 4.60. The van der Waals surface area contributed by atoms with Gasteiger partial charge in [0.25, 0.3) is 5.91 Å². The average Bonchev–Trinajstić information content (AvgIpc) is 3.39. The predicted molar refractivity (Wildman–Crippen MR) is 109 cm³/mol. The largest absolute Gasteiger partial charge is 0.368 e. The monoisotopic (exact) mass is 394 g/mol. The van der Waals surface area contributed by atoms with Gasteiger partial charge in [-0.2, -0.15) is 4.98 Å². The van der Waals surface area contributed by atoms with Crippen LogP contribution in [0.15, 0.2) is 46.3 Å². The topological polar surface area (TPSA) is 62.5 Å². The van der Waals surface area contributed by atoms with Crippen LogP contribution in [0, 0.1) is 0 Å². The van der Waals surface area contributed by atoms with Gasteiger partial charge in [-0.3, -0.25) is 4.79 Å². The molecule has 3 heterocycles. The number of thiophene rings is 1. The highest BCUT2D eigenvalue weighted by atomic mass is 32.1. The van der Waals surface area contributed by atoms with Crippen LogP contribution in [0.1, 0.15) is 40.7 Å². The molecule has 0 radical (unpaired) electrons. The summed E-state index contributed by atoms with van der Waals surface area (Å²) in [5, 5.41) is 6.09. The average molecular weight is 395 g/mol. The van der Waals surface area contributed by atoms with E-state index < -0.39 is 0 Å². The summed E-state index contributed by atoms with van der Waals surface area (Å²) >= 11 is 1.51. The minimum absolute atomic E-state index is 0.143. The maximum atomic E-state index is 12.5. The Hall–Kier alpha value is -2.67. The molecule has 6 nitrogen and oxygen atoms in total. The van der Waals surface area contributed by atoms with E-state index in [1.54, 1.807) is 0 Å². The normalized spacial score (nSPS) is 17.6. The van der Waals surface area contributed by atoms with E-state index in [1.165, 1.54) is 17.8 Å². The van der Waals surface area contributed by atoms with Crippen LogP contribution < -0.4 is 4.90 Å². The van der Waals surface area contributed by atoms with Gasteiger partial charge in [-0.15, -0.1) is 11.3 Å². The SMILES string of the molecule is O=C(c1cccs1)N1CCN(c2ccc(-c3noc(C4CCC4)n3)cc2)CC1. The van der Waals surface area contributed by atoms with Crippen molar-refractivity contribution in [3.05, 3.63) is 52.5 Å². The standard InChI is InChI=1S/C21H22N4O2S/c26-21(18-5-2-14-28-18)25-12-10-24(11-13-25)17-8-6-15(7-9-17)19-22-20(27-23-19)16-3-1-4-16/h2,5-9,14,16H,1,3-4,10-13H2. The predicted octanol–water partition coefficient (Wildman–Crippen LogP) is 4.03. The summed E-state index contributed by atoms with van der Waals surface area (Å²) in [7, 11) is 0. The second kappa shape index (κ2) is 7.39. The molecule has 0 atom stereocenters. The molecule has 2 fully saturated rings. The number of aromatic nitrogens is 2. The van der Waals surface area contributed by atoms with Crippen LogP contribution in [-0.2, 0) is 0 Å². The summed E-state index contributed by atoms with van der Waals surface area (Å²) in [4.78, 5) is 22.1. The van der Waals surface area contributed by atoms with E-state index in [9.17, 15) is 4.79 Å². The Morgan fingerprint density at radius 2 is 1.86 bits per heavy atom. The first-order valence-electron chi connectivity index (χ1n) is 9.80. The van der Waals surface area contributed by atoms with E-state index in [4.69, 9.17) is 4.52 Å². The number of amides is 1. The molecule has 1 amide bonds. The minimum Gasteiger partial charge on any atom is -0.368 e. The Morgan fingerprint density at radius 3 is 2.50 bits per heavy atom. The summed E-state index contributed by atoms with van der Waals surface area (Å²) in [5.74, 6) is 2.04. The molecule has 0 bridgehead atoms. The Labute approximate surface area is 167 Å². The molecule has 7 heteroatoms. The highest BCUT2D eigenvalue weighted by molar-refractivity contribution is 7.12. The highest BCUT2D eigenvalue weighted by Gasteiger charge is 2.26. The number of anilines is 1. The number of piperazine rings is 1. The summed E-state index contributed by atoms with van der Waals surface area (Å²) in [6, 6.07) is 12.1. The lowest BCUT2D eigenvalue weighted by Crippen LogP contribution is -2.48. The van der Waals surface area contributed by atoms with Crippen LogP contribution in [0.25, 0.3) is 11.4 Å². The summed E-state index contributed by atoms with van der Waals surface area (Å²) in [6.07, 6.45) is 3.56. The van der Waals surface area contributed by atoms with Gasteiger partial charge in [0.05, 0.1) is 4.88 Å². The van der Waals surface area contributed by atoms with Gasteiger partial charge >= 0.3 is 0 Å². The molecule has 3 aromatic rings. The van der Waals surface area contributed by atoms with Gasteiger partial charge in [0, 0.05) is 43.3 Å². The number of carbonyl (C=O) groups excluding carboxylic acids is 1. The lowest BCUT2D eigenvalue weighted by Gasteiger charge is -2.36. The molecule has 1 saturated heterocycles. The van der Waals surface area contributed by atoms with E-state index in [0.717, 1.165) is 61.0 Å². The molecule has 1 aliphatic carbocycles. The van der Waals surface area contributed by atoms with Crippen molar-refractivity contribution < 1.29 is 9.32 Å². The maximum absolute atomic E-state index is 12.5. The number of rotatable bonds is 4. The molecule has 2 aromatic heterocycles. The van der Waals surface area contributed by atoms with Crippen molar-refractivity contribution in [1.29, 1.82) is 0 Å². The molecule has 0 spiro atoms. The molecule has 28 heavy (non-hydrogen) atoms. The van der Waals surface area contributed by atoms with Crippen LogP contribution in [0.5, 0.6) is 0 Å². The molecule has 1 aliphatic heterocycles. The molecule has 0 N–H and O–H groups in total. The van der Waals surface area contributed by atoms with E-state index in [1.807, 2.05) is 34.5 Å². The van der Waals surface area contributed by atoms with E-state index >= 15 is 0 Å². The van der Waals surface area contributed by atoms with Gasteiger partial charge in [-0.1, -0.05) is 17.6 Å². The van der Waals surface area contributed by atoms with Crippen LogP contribution in [0.3, 0.4) is 0 Å². The zero-order valence-electron chi connectivity index (χ0n) is 15.6. The van der Waals surface area contributed by atoms with E-state index in [2.05, 4.69) is 27.2 Å². The lowest BCUT2D eigenvalue weighted by atomic mass is 9.85. The Bertz CT molecular complexity index is 939. The molecule has 144 valence electrons. The Morgan fingerprint density at radius 1 is 1.07 bits per heavy atom. The van der Waals surface area contributed by atoms with Crippen LogP contribution in [0.4, 0.5) is 5.69 Å². The summed E-state index contributed by atoms with van der Waals surface area (Å²) in [6.45, 7) is 3.16. The van der Waals surface area contributed by atoms with Crippen LogP contribution >= 0.6 is 11.3 Å². The smallest absolute Gasteiger partial charge is 0.264 e. The third kappa shape index (κ3) is 3.30. The molecule has 0 unspecified atom stereocenters. The first-order chi connectivity index (χ1) is 13.8. The zero-order chi connectivity index (χ0) is 18.9. The van der Waals surface area contributed by atoms with Crippen LogP contribution in [0.2, 0.25) is 0 Å². The zero-order valence-corrected chi connectivity index (χ0v) is 16.4. The molecular formula is C21H22N4O2S. The third-order valence-electron chi connectivity index (χ3n) is 5.69. The number of hydrogen-bond acceptors (Lipinski definition) is 6. The second-order valence-corrected chi connectivity index (χ2v) is 8.34. The first-order valence-corrected chi connectivity index (χ1v) is 10.7. The van der Waals surface area contributed by atoms with Crippen molar-refractivity contribution in [2.45, 2.75) is 25.2 Å². The number of nitrogens with zero attached hydrogens (tertiary/aromatic N) is 4. The van der Waals surface area contributed by atoms with Crippen molar-refractivity contribution in [2.24, 2.45) is 0 Å². The van der Waals surface area contributed by atoms with Crippen molar-refractivity contribution in [3.63, 3.8) is 0 Å². The quantitative estimate of drug-likeness (QED) is 0.669. The van der Waals surface area contributed by atoms with Gasteiger partial charge in [0.1, 0.15) is 0 Å². The lowest BCUT2D eigenvalue weighted by molar-refractivity contribution is 0.0751. The fourth-order valence-electron chi connectivity index (χ4n) is 3.72.